The molecule has 0 unspecified atom stereocenters. The van der Waals surface area contributed by atoms with Crippen LogP contribution in [0.1, 0.15) is 49.4 Å². The Morgan fingerprint density at radius 1 is 1.12 bits per heavy atom. The van der Waals surface area contributed by atoms with Crippen LogP contribution in [0.25, 0.3) is 0 Å². The van der Waals surface area contributed by atoms with Gasteiger partial charge in [-0.2, -0.15) is 0 Å². The van der Waals surface area contributed by atoms with Gasteiger partial charge in [-0.15, -0.1) is 0 Å². The summed E-state index contributed by atoms with van der Waals surface area (Å²) in [6, 6.07) is 6.92. The van der Waals surface area contributed by atoms with Gasteiger partial charge in [0.1, 0.15) is 5.75 Å². The number of hydrogen-bond donors (Lipinski definition) is 1. The number of hydrogen-bond acceptors (Lipinski definition) is 4. The van der Waals surface area contributed by atoms with Gasteiger partial charge in [0.2, 0.25) is 0 Å². The minimum atomic E-state index is -0.107. The highest BCUT2D eigenvalue weighted by molar-refractivity contribution is 5.95. The van der Waals surface area contributed by atoms with Crippen LogP contribution in [0.2, 0.25) is 0 Å². The summed E-state index contributed by atoms with van der Waals surface area (Å²) in [5, 5.41) is 2.88. The van der Waals surface area contributed by atoms with Crippen molar-refractivity contribution in [2.24, 2.45) is 0 Å². The standard InChI is InChI=1S/C19H28N2O3/c1-2-18(22)16-7-9-17(10-8-16)24-15-19(23)20-11-3-4-12-21-13-5-6-14-21/h7-10H,2-6,11-15H2,1H3,(H,20,23). The normalized spacial score (nSPS) is 14.5. The zero-order valence-electron chi connectivity index (χ0n) is 14.6. The molecular weight excluding hydrogens is 304 g/mol. The average Bonchev–Trinajstić information content (AvgIpc) is 3.13. The summed E-state index contributed by atoms with van der Waals surface area (Å²) in [7, 11) is 0. The minimum absolute atomic E-state index is 0.00714. The second kappa shape index (κ2) is 10.1. The molecule has 0 atom stereocenters. The van der Waals surface area contributed by atoms with E-state index < -0.39 is 0 Å². The molecule has 2 rings (SSSR count). The van der Waals surface area contributed by atoms with E-state index in [1.54, 1.807) is 24.3 Å². The molecule has 1 saturated heterocycles. The summed E-state index contributed by atoms with van der Waals surface area (Å²) >= 11 is 0. The van der Waals surface area contributed by atoms with Crippen molar-refractivity contribution in [1.29, 1.82) is 0 Å². The molecule has 5 heteroatoms. The van der Waals surface area contributed by atoms with Gasteiger partial charge in [0.25, 0.3) is 5.91 Å². The third kappa shape index (κ3) is 6.32. The topological polar surface area (TPSA) is 58.6 Å². The molecule has 0 aromatic heterocycles. The first-order chi connectivity index (χ1) is 11.7. The molecular formula is C19H28N2O3. The monoisotopic (exact) mass is 332 g/mol. The number of carbonyl (C=O) groups excluding carboxylic acids is 2. The van der Waals surface area contributed by atoms with Crippen molar-refractivity contribution >= 4 is 11.7 Å². The third-order valence-corrected chi connectivity index (χ3v) is 4.29. The molecule has 1 amide bonds. The first-order valence-corrected chi connectivity index (χ1v) is 8.94. The number of nitrogens with zero attached hydrogens (tertiary/aromatic N) is 1. The Morgan fingerprint density at radius 3 is 2.50 bits per heavy atom. The summed E-state index contributed by atoms with van der Waals surface area (Å²) in [5.74, 6) is 0.602. The highest BCUT2D eigenvalue weighted by atomic mass is 16.5. The maximum atomic E-state index is 11.8. The Hall–Kier alpha value is -1.88. The Morgan fingerprint density at radius 2 is 1.83 bits per heavy atom. The Balaban J connectivity index is 1.56. The molecule has 0 bridgehead atoms. The second-order valence-electron chi connectivity index (χ2n) is 6.20. The van der Waals surface area contributed by atoms with E-state index in [9.17, 15) is 9.59 Å². The van der Waals surface area contributed by atoms with Gasteiger partial charge in [-0.3, -0.25) is 9.59 Å². The number of rotatable bonds is 10. The Kier molecular flexibility index (Phi) is 7.75. The van der Waals surface area contributed by atoms with Gasteiger partial charge in [0.05, 0.1) is 0 Å². The van der Waals surface area contributed by atoms with E-state index in [-0.39, 0.29) is 18.3 Å². The van der Waals surface area contributed by atoms with Crippen LogP contribution in [0.4, 0.5) is 0 Å². The van der Waals surface area contributed by atoms with E-state index in [0.29, 0.717) is 24.3 Å². The molecule has 1 aromatic carbocycles. The Labute approximate surface area is 144 Å². The highest BCUT2D eigenvalue weighted by Gasteiger charge is 2.10. The summed E-state index contributed by atoms with van der Waals surface area (Å²) < 4.78 is 5.44. The maximum Gasteiger partial charge on any atom is 0.257 e. The average molecular weight is 332 g/mol. The minimum Gasteiger partial charge on any atom is -0.484 e. The van der Waals surface area contributed by atoms with Crippen molar-refractivity contribution in [2.75, 3.05) is 32.8 Å². The number of carbonyl (C=O) groups is 2. The van der Waals surface area contributed by atoms with Crippen molar-refractivity contribution in [3.8, 4) is 5.75 Å². The van der Waals surface area contributed by atoms with Crippen LogP contribution in [-0.4, -0.2) is 49.4 Å². The molecule has 1 fully saturated rings. The molecule has 1 heterocycles. The van der Waals surface area contributed by atoms with Gasteiger partial charge in [0, 0.05) is 18.5 Å². The van der Waals surface area contributed by atoms with Crippen LogP contribution in [0.5, 0.6) is 5.75 Å². The van der Waals surface area contributed by atoms with Crippen molar-refractivity contribution in [2.45, 2.75) is 39.0 Å². The molecule has 24 heavy (non-hydrogen) atoms. The van der Waals surface area contributed by atoms with Gasteiger partial charge in [-0.05, 0) is 69.6 Å². The summed E-state index contributed by atoms with van der Waals surface area (Å²) in [6.45, 7) is 6.12. The van der Waals surface area contributed by atoms with Crippen molar-refractivity contribution in [3.63, 3.8) is 0 Å². The van der Waals surface area contributed by atoms with Gasteiger partial charge >= 0.3 is 0 Å². The number of amides is 1. The molecule has 1 aromatic rings. The van der Waals surface area contributed by atoms with Crippen LogP contribution in [0.15, 0.2) is 24.3 Å². The predicted molar refractivity (Wildman–Crippen MR) is 94.5 cm³/mol. The molecule has 0 saturated carbocycles. The first-order valence-electron chi connectivity index (χ1n) is 8.94. The van der Waals surface area contributed by atoms with Gasteiger partial charge in [-0.1, -0.05) is 6.92 Å². The summed E-state index contributed by atoms with van der Waals surface area (Å²) in [6.07, 6.45) is 5.24. The van der Waals surface area contributed by atoms with Crippen LogP contribution in [-0.2, 0) is 4.79 Å². The lowest BCUT2D eigenvalue weighted by atomic mass is 10.1. The van der Waals surface area contributed by atoms with Crippen LogP contribution in [0.3, 0.4) is 0 Å². The largest absolute Gasteiger partial charge is 0.484 e. The molecule has 132 valence electrons. The van der Waals surface area contributed by atoms with Crippen molar-refractivity contribution in [3.05, 3.63) is 29.8 Å². The van der Waals surface area contributed by atoms with Gasteiger partial charge in [0.15, 0.2) is 12.4 Å². The van der Waals surface area contributed by atoms with Crippen molar-refractivity contribution < 1.29 is 14.3 Å². The van der Waals surface area contributed by atoms with E-state index in [1.165, 1.54) is 25.9 Å². The highest BCUT2D eigenvalue weighted by Crippen LogP contribution is 2.13. The van der Waals surface area contributed by atoms with E-state index in [1.807, 2.05) is 6.92 Å². The lowest BCUT2D eigenvalue weighted by molar-refractivity contribution is -0.123. The van der Waals surface area contributed by atoms with E-state index in [0.717, 1.165) is 19.4 Å². The molecule has 0 spiro atoms. The smallest absolute Gasteiger partial charge is 0.257 e. The zero-order chi connectivity index (χ0) is 17.2. The fourth-order valence-corrected chi connectivity index (χ4v) is 2.84. The van der Waals surface area contributed by atoms with Gasteiger partial charge in [-0.25, -0.2) is 0 Å². The predicted octanol–water partition coefficient (Wildman–Crippen LogP) is 2.65. The Bertz CT molecular complexity index is 522. The van der Waals surface area contributed by atoms with Crippen molar-refractivity contribution in [1.82, 2.24) is 10.2 Å². The molecule has 1 N–H and O–H groups in total. The quantitative estimate of drug-likeness (QED) is 0.529. The van der Waals surface area contributed by atoms with Crippen LogP contribution < -0.4 is 10.1 Å². The second-order valence-corrected chi connectivity index (χ2v) is 6.20. The SMILES string of the molecule is CCC(=O)c1ccc(OCC(=O)NCCCCN2CCCC2)cc1. The zero-order valence-corrected chi connectivity index (χ0v) is 14.6. The lowest BCUT2D eigenvalue weighted by Crippen LogP contribution is -2.30. The van der Waals surface area contributed by atoms with E-state index >= 15 is 0 Å². The number of likely N-dealkylation sites (tertiary alicyclic amines) is 1. The number of nitrogens with one attached hydrogen (secondary N) is 1. The van der Waals surface area contributed by atoms with Crippen LogP contribution >= 0.6 is 0 Å². The van der Waals surface area contributed by atoms with E-state index in [4.69, 9.17) is 4.74 Å². The number of benzene rings is 1. The third-order valence-electron chi connectivity index (χ3n) is 4.29. The lowest BCUT2D eigenvalue weighted by Gasteiger charge is -2.14. The number of unbranched alkanes of at least 4 members (excludes halogenated alkanes) is 1. The first kappa shape index (κ1) is 18.5. The molecule has 0 aliphatic carbocycles. The summed E-state index contributed by atoms with van der Waals surface area (Å²) in [5.41, 5.74) is 0.673. The fourth-order valence-electron chi connectivity index (χ4n) is 2.84. The van der Waals surface area contributed by atoms with Gasteiger partial charge < -0.3 is 15.0 Å². The fraction of sp³-hybridized carbons (Fsp3) is 0.579. The maximum absolute atomic E-state index is 11.8. The van der Waals surface area contributed by atoms with E-state index in [2.05, 4.69) is 10.2 Å². The molecule has 1 aliphatic heterocycles. The number of Topliss-reactive ketones (excluding diaryl/α,β-unsaturated/α-hetero) is 1. The number of ether oxygens (including phenoxy) is 1. The summed E-state index contributed by atoms with van der Waals surface area (Å²) in [4.78, 5) is 25.8. The molecule has 1 aliphatic rings. The van der Waals surface area contributed by atoms with Crippen LogP contribution in [0, 0.1) is 0 Å². The molecule has 0 radical (unpaired) electrons. The molecule has 5 nitrogen and oxygen atoms in total. The number of ketones is 1.